The van der Waals surface area contributed by atoms with Gasteiger partial charge in [-0.2, -0.15) is 0 Å². The van der Waals surface area contributed by atoms with Gasteiger partial charge in [0.05, 0.1) is 33.4 Å². The molecule has 0 fully saturated rings. The van der Waals surface area contributed by atoms with E-state index in [2.05, 4.69) is 0 Å². The summed E-state index contributed by atoms with van der Waals surface area (Å²) in [4.78, 5) is 69.2. The molecule has 2 aromatic rings. The molecule has 0 aromatic heterocycles. The molecule has 0 aliphatic heterocycles. The maximum Gasteiger partial charge on any atom is 0.336 e. The second-order valence-electron chi connectivity index (χ2n) is 7.42. The van der Waals surface area contributed by atoms with E-state index in [-0.39, 0.29) is 54.4 Å². The van der Waals surface area contributed by atoms with Crippen LogP contribution in [0.15, 0.2) is 24.3 Å². The fourth-order valence-electron chi connectivity index (χ4n) is 3.84. The summed E-state index contributed by atoms with van der Waals surface area (Å²) >= 11 is 0. The molecule has 0 aliphatic rings. The maximum atomic E-state index is 11.7. The lowest BCUT2D eigenvalue weighted by Gasteiger charge is -2.14. The van der Waals surface area contributed by atoms with Crippen molar-refractivity contribution in [2.24, 2.45) is 0 Å². The smallest absolute Gasteiger partial charge is 0.336 e. The Bertz CT molecular complexity index is 1150. The number of hydrogen-bond donors (Lipinski definition) is 6. The van der Waals surface area contributed by atoms with Gasteiger partial charge in [-0.15, -0.1) is 0 Å². The highest BCUT2D eigenvalue weighted by Gasteiger charge is 2.26. The quantitative estimate of drug-likeness (QED) is 0.237. The summed E-state index contributed by atoms with van der Waals surface area (Å²) in [6.45, 7) is 0. The molecule has 0 unspecified atom stereocenters. The third-order valence-electron chi connectivity index (χ3n) is 5.33. The molecule has 2 aromatic carbocycles. The van der Waals surface area contributed by atoms with Crippen molar-refractivity contribution in [2.45, 2.75) is 32.1 Å². The highest BCUT2D eigenvalue weighted by molar-refractivity contribution is 6.06. The molecule has 0 heterocycles. The monoisotopic (exact) mass is 488 g/mol. The van der Waals surface area contributed by atoms with Crippen LogP contribution in [-0.4, -0.2) is 66.5 Å². The second-order valence-corrected chi connectivity index (χ2v) is 7.42. The van der Waals surface area contributed by atoms with Gasteiger partial charge >= 0.3 is 35.8 Å². The van der Waals surface area contributed by atoms with Gasteiger partial charge in [0.15, 0.2) is 0 Å². The van der Waals surface area contributed by atoms with Crippen LogP contribution in [0, 0.1) is 0 Å². The number of hydrogen-bond acceptors (Lipinski definition) is 6. The van der Waals surface area contributed by atoms with Crippen LogP contribution in [0.1, 0.15) is 92.5 Å². The average molecular weight is 488 g/mol. The van der Waals surface area contributed by atoms with Crippen molar-refractivity contribution in [3.05, 3.63) is 68.8 Å². The first-order valence-electron chi connectivity index (χ1n) is 10.1. The van der Waals surface area contributed by atoms with Gasteiger partial charge in [0.2, 0.25) is 0 Å². The number of carbonyl (C=O) groups is 6. The summed E-state index contributed by atoms with van der Waals surface area (Å²) in [6.07, 6.45) is 0.305. The summed E-state index contributed by atoms with van der Waals surface area (Å²) in [7, 11) is 0. The van der Waals surface area contributed by atoms with Gasteiger partial charge in [0, 0.05) is 0 Å². The number of unbranched alkanes of at least 4 members (excludes halogenated alkanes) is 2. The van der Waals surface area contributed by atoms with Crippen LogP contribution in [-0.2, 0) is 12.8 Å². The van der Waals surface area contributed by atoms with E-state index in [9.17, 15) is 59.4 Å². The molecule has 0 radical (unpaired) electrons. The van der Waals surface area contributed by atoms with E-state index in [1.165, 1.54) is 0 Å². The van der Waals surface area contributed by atoms with E-state index in [0.29, 0.717) is 0 Å². The molecule has 12 heteroatoms. The number of benzene rings is 2. The lowest BCUT2D eigenvalue weighted by atomic mass is 9.90. The first kappa shape index (κ1) is 26.5. The predicted molar refractivity (Wildman–Crippen MR) is 116 cm³/mol. The van der Waals surface area contributed by atoms with Gasteiger partial charge in [-0.25, -0.2) is 28.8 Å². The van der Waals surface area contributed by atoms with E-state index in [4.69, 9.17) is 0 Å². The van der Waals surface area contributed by atoms with E-state index in [1.807, 2.05) is 0 Å². The van der Waals surface area contributed by atoms with E-state index >= 15 is 0 Å². The summed E-state index contributed by atoms with van der Waals surface area (Å²) in [5.74, 6) is -9.18. The Labute approximate surface area is 196 Å². The van der Waals surface area contributed by atoms with Crippen molar-refractivity contribution in [1.29, 1.82) is 0 Å². The van der Waals surface area contributed by atoms with Crippen LogP contribution in [0.2, 0.25) is 0 Å². The molecule has 35 heavy (non-hydrogen) atoms. The number of rotatable bonds is 12. The minimum absolute atomic E-state index is 0.128. The first-order valence-corrected chi connectivity index (χ1v) is 10.1. The molecule has 0 saturated heterocycles. The zero-order valence-corrected chi connectivity index (χ0v) is 18.0. The van der Waals surface area contributed by atoms with Crippen molar-refractivity contribution < 1.29 is 59.4 Å². The molecule has 6 N–H and O–H groups in total. The van der Waals surface area contributed by atoms with Crippen LogP contribution in [0.4, 0.5) is 0 Å². The molecule has 0 spiro atoms. The van der Waals surface area contributed by atoms with Crippen LogP contribution in [0.3, 0.4) is 0 Å². The molecule has 0 saturated carbocycles. The third kappa shape index (κ3) is 5.79. The second kappa shape index (κ2) is 10.9. The van der Waals surface area contributed by atoms with Crippen LogP contribution < -0.4 is 0 Å². The van der Waals surface area contributed by atoms with Gasteiger partial charge in [-0.05, 0) is 61.1 Å². The molecular formula is C23H20O12. The fourth-order valence-corrected chi connectivity index (χ4v) is 3.84. The minimum atomic E-state index is -1.61. The van der Waals surface area contributed by atoms with Gasteiger partial charge in [-0.3, -0.25) is 0 Å². The van der Waals surface area contributed by atoms with E-state index in [0.717, 1.165) is 24.3 Å². The van der Waals surface area contributed by atoms with E-state index < -0.39 is 58.1 Å². The summed E-state index contributed by atoms with van der Waals surface area (Å²) in [5, 5.41) is 56.2. The Morgan fingerprint density at radius 1 is 0.429 bits per heavy atom. The fraction of sp³-hybridized carbons (Fsp3) is 0.217. The lowest BCUT2D eigenvalue weighted by molar-refractivity contribution is 0.0647. The minimum Gasteiger partial charge on any atom is -0.478 e. The Morgan fingerprint density at radius 2 is 0.714 bits per heavy atom. The van der Waals surface area contributed by atoms with Crippen molar-refractivity contribution in [3.63, 3.8) is 0 Å². The maximum absolute atomic E-state index is 11.7. The van der Waals surface area contributed by atoms with Crippen LogP contribution in [0.25, 0.3) is 0 Å². The third-order valence-corrected chi connectivity index (χ3v) is 5.33. The normalized spacial score (nSPS) is 10.5. The summed E-state index contributed by atoms with van der Waals surface area (Å²) in [6, 6.07) is 3.80. The Kier molecular flexibility index (Phi) is 8.27. The molecule has 0 amide bonds. The van der Waals surface area contributed by atoms with Crippen molar-refractivity contribution >= 4 is 35.8 Å². The van der Waals surface area contributed by atoms with Crippen molar-refractivity contribution in [2.75, 3.05) is 0 Å². The molecule has 0 aliphatic carbocycles. The Hall–Kier alpha value is -4.74. The van der Waals surface area contributed by atoms with Crippen LogP contribution >= 0.6 is 0 Å². The molecule has 184 valence electrons. The predicted octanol–water partition coefficient (Wildman–Crippen LogP) is 2.83. The SMILES string of the molecule is O=C(O)c1ccc(C(=O)O)c(C(=O)O)c1CCCCCc1c(C(=O)O)ccc(C(=O)O)c1C(=O)O. The first-order chi connectivity index (χ1) is 16.4. The largest absolute Gasteiger partial charge is 0.478 e. The van der Waals surface area contributed by atoms with E-state index in [1.54, 1.807) is 0 Å². The summed E-state index contributed by atoms with van der Waals surface area (Å²) in [5.41, 5.74) is -3.54. The molecule has 2 rings (SSSR count). The molecular weight excluding hydrogens is 468 g/mol. The van der Waals surface area contributed by atoms with Gasteiger partial charge < -0.3 is 30.6 Å². The zero-order valence-electron chi connectivity index (χ0n) is 18.0. The Balaban J connectivity index is 2.30. The molecule has 0 bridgehead atoms. The average Bonchev–Trinajstić information content (AvgIpc) is 2.76. The Morgan fingerprint density at radius 3 is 0.971 bits per heavy atom. The van der Waals surface area contributed by atoms with Gasteiger partial charge in [-0.1, -0.05) is 6.42 Å². The van der Waals surface area contributed by atoms with Crippen molar-refractivity contribution in [1.82, 2.24) is 0 Å². The number of carboxylic acids is 6. The molecule has 12 nitrogen and oxygen atoms in total. The van der Waals surface area contributed by atoms with Gasteiger partial charge in [0.1, 0.15) is 0 Å². The highest BCUT2D eigenvalue weighted by atomic mass is 16.4. The molecule has 0 atom stereocenters. The van der Waals surface area contributed by atoms with Gasteiger partial charge in [0.25, 0.3) is 0 Å². The number of carboxylic acid groups (broad SMARTS) is 6. The topological polar surface area (TPSA) is 224 Å². The standard InChI is InChI=1S/C23H20O12/c24-18(25)12-6-8-14(20(28)29)16(22(32)33)10(12)4-2-1-3-5-11-13(19(26)27)7-9-15(21(30)31)17(11)23(34)35/h6-9H,1-5H2,(H,24,25)(H,26,27)(H,28,29)(H,30,31)(H,32,33)(H,34,35). The lowest BCUT2D eigenvalue weighted by Crippen LogP contribution is -2.16. The van der Waals surface area contributed by atoms with Crippen LogP contribution in [0.5, 0.6) is 0 Å². The highest BCUT2D eigenvalue weighted by Crippen LogP contribution is 2.25. The zero-order chi connectivity index (χ0) is 26.4. The number of aromatic carboxylic acids is 6. The van der Waals surface area contributed by atoms with Crippen molar-refractivity contribution in [3.8, 4) is 0 Å². The summed E-state index contributed by atoms with van der Waals surface area (Å²) < 4.78 is 0.